The van der Waals surface area contributed by atoms with Crippen LogP contribution in [0.1, 0.15) is 34.5 Å². The molecule has 1 atom stereocenters. The van der Waals surface area contributed by atoms with Crippen LogP contribution in [0.5, 0.6) is 0 Å². The molecule has 0 radical (unpaired) electrons. The van der Waals surface area contributed by atoms with E-state index in [0.717, 1.165) is 28.6 Å². The number of aromatic nitrogens is 1. The van der Waals surface area contributed by atoms with Gasteiger partial charge >= 0.3 is 5.97 Å². The molecule has 1 saturated heterocycles. The third-order valence-electron chi connectivity index (χ3n) is 4.63. The Morgan fingerprint density at radius 3 is 2.82 bits per heavy atom. The van der Waals surface area contributed by atoms with E-state index < -0.39 is 11.9 Å². The molecule has 1 aliphatic rings. The number of carboxylic acids is 1. The monoisotopic (exact) mass is 300 g/mol. The predicted molar refractivity (Wildman–Crippen MR) is 84.0 cm³/mol. The number of piperidine rings is 1. The number of carbonyl (C=O) groups is 2. The molecule has 116 valence electrons. The highest BCUT2D eigenvalue weighted by Crippen LogP contribution is 2.26. The second-order valence-electron chi connectivity index (χ2n) is 6.03. The number of hydrogen-bond donors (Lipinski definition) is 2. The number of fused-ring (bicyclic) bond motifs is 1. The number of amides is 1. The van der Waals surface area contributed by atoms with Crippen LogP contribution < -0.4 is 0 Å². The zero-order valence-electron chi connectivity index (χ0n) is 12.8. The summed E-state index contributed by atoms with van der Waals surface area (Å²) in [5.41, 5.74) is 3.67. The number of rotatable bonds is 2. The second kappa shape index (κ2) is 5.48. The summed E-state index contributed by atoms with van der Waals surface area (Å²) in [5.74, 6) is -1.36. The van der Waals surface area contributed by atoms with E-state index in [0.29, 0.717) is 25.1 Å². The van der Waals surface area contributed by atoms with Crippen molar-refractivity contribution < 1.29 is 14.7 Å². The van der Waals surface area contributed by atoms with E-state index in [1.807, 2.05) is 32.0 Å². The van der Waals surface area contributed by atoms with Crippen LogP contribution in [0, 0.1) is 19.8 Å². The zero-order chi connectivity index (χ0) is 15.9. The summed E-state index contributed by atoms with van der Waals surface area (Å²) in [5, 5.41) is 10.2. The van der Waals surface area contributed by atoms with Gasteiger partial charge in [-0.1, -0.05) is 12.1 Å². The number of para-hydroxylation sites is 1. The summed E-state index contributed by atoms with van der Waals surface area (Å²) in [7, 11) is 0. The molecule has 0 bridgehead atoms. The fourth-order valence-electron chi connectivity index (χ4n) is 3.19. The van der Waals surface area contributed by atoms with E-state index in [9.17, 15) is 14.7 Å². The number of aliphatic carboxylic acids is 1. The molecular weight excluding hydrogens is 280 g/mol. The molecule has 3 rings (SSSR count). The molecule has 1 fully saturated rings. The van der Waals surface area contributed by atoms with Crippen LogP contribution in [-0.4, -0.2) is 40.0 Å². The van der Waals surface area contributed by atoms with Crippen molar-refractivity contribution >= 4 is 22.8 Å². The molecular formula is C17H20N2O3. The summed E-state index contributed by atoms with van der Waals surface area (Å²) in [6.07, 6.45) is 1.38. The minimum absolute atomic E-state index is 0.0854. The molecule has 2 N–H and O–H groups in total. The molecule has 1 aliphatic heterocycles. The van der Waals surface area contributed by atoms with Gasteiger partial charge in [0.1, 0.15) is 0 Å². The average molecular weight is 300 g/mol. The molecule has 2 heterocycles. The molecule has 1 aromatic carbocycles. The molecule has 22 heavy (non-hydrogen) atoms. The number of benzene rings is 1. The van der Waals surface area contributed by atoms with Gasteiger partial charge < -0.3 is 15.0 Å². The lowest BCUT2D eigenvalue weighted by Gasteiger charge is -2.30. The van der Waals surface area contributed by atoms with Crippen LogP contribution in [0.2, 0.25) is 0 Å². The first kappa shape index (κ1) is 14.6. The lowest BCUT2D eigenvalue weighted by molar-refractivity contribution is -0.143. The van der Waals surface area contributed by atoms with E-state index in [2.05, 4.69) is 4.98 Å². The van der Waals surface area contributed by atoms with Gasteiger partial charge in [0.15, 0.2) is 0 Å². The number of hydrogen-bond acceptors (Lipinski definition) is 2. The van der Waals surface area contributed by atoms with Crippen LogP contribution in [0.4, 0.5) is 0 Å². The molecule has 1 aromatic heterocycles. The minimum atomic E-state index is -0.817. The van der Waals surface area contributed by atoms with Gasteiger partial charge in [-0.25, -0.2) is 0 Å². The van der Waals surface area contributed by atoms with Gasteiger partial charge in [0.2, 0.25) is 0 Å². The molecule has 0 spiro atoms. The van der Waals surface area contributed by atoms with Crippen molar-refractivity contribution in [2.24, 2.45) is 5.92 Å². The molecule has 1 amide bonds. The van der Waals surface area contributed by atoms with Gasteiger partial charge in [-0.3, -0.25) is 9.59 Å². The van der Waals surface area contributed by atoms with Gasteiger partial charge in [-0.05, 0) is 38.3 Å². The van der Waals surface area contributed by atoms with E-state index >= 15 is 0 Å². The maximum Gasteiger partial charge on any atom is 0.308 e. The molecule has 2 aromatic rings. The highest BCUT2D eigenvalue weighted by atomic mass is 16.4. The Morgan fingerprint density at radius 2 is 2.09 bits per heavy atom. The van der Waals surface area contributed by atoms with Gasteiger partial charge in [0.25, 0.3) is 5.91 Å². The van der Waals surface area contributed by atoms with Gasteiger partial charge in [-0.2, -0.15) is 0 Å². The number of carboxylic acid groups (broad SMARTS) is 1. The number of likely N-dealkylation sites (tertiary alicyclic amines) is 1. The van der Waals surface area contributed by atoms with Crippen molar-refractivity contribution in [1.29, 1.82) is 0 Å². The molecule has 1 unspecified atom stereocenters. The van der Waals surface area contributed by atoms with Crippen LogP contribution in [0.25, 0.3) is 10.9 Å². The summed E-state index contributed by atoms with van der Waals surface area (Å²) in [6, 6.07) is 5.69. The van der Waals surface area contributed by atoms with Gasteiger partial charge in [0, 0.05) is 24.2 Å². The van der Waals surface area contributed by atoms with Gasteiger partial charge in [0.05, 0.1) is 17.0 Å². The lowest BCUT2D eigenvalue weighted by atomic mass is 9.97. The minimum Gasteiger partial charge on any atom is -0.481 e. The number of nitrogens with zero attached hydrogens (tertiary/aromatic N) is 1. The number of aryl methyl sites for hydroxylation is 2. The van der Waals surface area contributed by atoms with Crippen LogP contribution in [0.15, 0.2) is 18.2 Å². The number of aromatic amines is 1. The standard InChI is InChI=1S/C17H20N2O3/c1-10-11(2)18-15-13(10)6-3-7-14(15)16(20)19-8-4-5-12(9-19)17(21)22/h3,6-7,12,18H,4-5,8-9H2,1-2H3,(H,21,22). The third-order valence-corrected chi connectivity index (χ3v) is 4.63. The van der Waals surface area contributed by atoms with Crippen LogP contribution >= 0.6 is 0 Å². The van der Waals surface area contributed by atoms with Crippen molar-refractivity contribution in [2.45, 2.75) is 26.7 Å². The zero-order valence-corrected chi connectivity index (χ0v) is 12.8. The molecule has 0 saturated carbocycles. The maximum absolute atomic E-state index is 12.8. The number of H-pyrrole nitrogens is 1. The second-order valence-corrected chi connectivity index (χ2v) is 6.03. The normalized spacial score (nSPS) is 18.6. The summed E-state index contributed by atoms with van der Waals surface area (Å²) in [4.78, 5) is 28.9. The topological polar surface area (TPSA) is 73.4 Å². The van der Waals surface area contributed by atoms with Crippen molar-refractivity contribution in [1.82, 2.24) is 9.88 Å². The van der Waals surface area contributed by atoms with Crippen LogP contribution in [-0.2, 0) is 4.79 Å². The quantitative estimate of drug-likeness (QED) is 0.895. The average Bonchev–Trinajstić information content (AvgIpc) is 2.82. The Morgan fingerprint density at radius 1 is 1.32 bits per heavy atom. The van der Waals surface area contributed by atoms with E-state index in [4.69, 9.17) is 0 Å². The Labute approximate surface area is 128 Å². The maximum atomic E-state index is 12.8. The van der Waals surface area contributed by atoms with Crippen molar-refractivity contribution in [2.75, 3.05) is 13.1 Å². The summed E-state index contributed by atoms with van der Waals surface area (Å²) >= 11 is 0. The predicted octanol–water partition coefficient (Wildman–Crippen LogP) is 2.72. The van der Waals surface area contributed by atoms with Crippen molar-refractivity contribution in [3.05, 3.63) is 35.0 Å². The van der Waals surface area contributed by atoms with Crippen molar-refractivity contribution in [3.8, 4) is 0 Å². The summed E-state index contributed by atoms with van der Waals surface area (Å²) in [6.45, 7) is 4.94. The summed E-state index contributed by atoms with van der Waals surface area (Å²) < 4.78 is 0. The highest BCUT2D eigenvalue weighted by molar-refractivity contribution is 6.06. The van der Waals surface area contributed by atoms with E-state index in [1.54, 1.807) is 4.90 Å². The largest absolute Gasteiger partial charge is 0.481 e. The molecule has 0 aliphatic carbocycles. The lowest BCUT2D eigenvalue weighted by Crippen LogP contribution is -2.42. The highest BCUT2D eigenvalue weighted by Gasteiger charge is 2.29. The van der Waals surface area contributed by atoms with Crippen LogP contribution in [0.3, 0.4) is 0 Å². The van der Waals surface area contributed by atoms with Crippen molar-refractivity contribution in [3.63, 3.8) is 0 Å². The Kier molecular flexibility index (Phi) is 3.64. The SMILES string of the molecule is Cc1[nH]c2c(C(=O)N3CCCC(C(=O)O)C3)cccc2c1C. The first-order chi connectivity index (χ1) is 10.5. The Balaban J connectivity index is 1.95. The fraction of sp³-hybridized carbons (Fsp3) is 0.412. The third kappa shape index (κ3) is 2.36. The number of carbonyl (C=O) groups excluding carboxylic acids is 1. The fourth-order valence-corrected chi connectivity index (χ4v) is 3.19. The molecule has 5 nitrogen and oxygen atoms in total. The number of nitrogens with one attached hydrogen (secondary N) is 1. The van der Waals surface area contributed by atoms with Gasteiger partial charge in [-0.15, -0.1) is 0 Å². The Bertz CT molecular complexity index is 748. The smallest absolute Gasteiger partial charge is 0.308 e. The first-order valence-electron chi connectivity index (χ1n) is 7.59. The molecule has 5 heteroatoms. The van der Waals surface area contributed by atoms with E-state index in [1.165, 1.54) is 0 Å². The Hall–Kier alpha value is -2.30. The van der Waals surface area contributed by atoms with E-state index in [-0.39, 0.29) is 5.91 Å². The first-order valence-corrected chi connectivity index (χ1v) is 7.59.